The monoisotopic (exact) mass is 813 g/mol. The van der Waals surface area contributed by atoms with Gasteiger partial charge in [-0.2, -0.15) is 0 Å². The standard InChI is InChI=1S/C53H80O6/c1-4-7-10-13-16-19-21-23-25-26-28-29-31-34-37-40-43-46-52(55)58-49-50(48-57-51(54)45-42-39-36-33-18-15-12-9-6-3)59-53(56)47-44-41-38-35-32-30-27-24-22-20-17-14-11-8-5-2/h7-8,10-11,14,16-17,19-20,22-25,27-30,32-34,36-37,50H,4-6,9,12-13,15,18,21,26,31,35,38-49H2,1-3H3/b10-7-,11-8-,17-14-,19-16-,22-20-,25-23-,27-24-,29-28-,32-30-,36-33-,37-34-. The third-order valence-electron chi connectivity index (χ3n) is 8.75. The Morgan fingerprint density at radius 3 is 1.27 bits per heavy atom. The molecule has 6 nitrogen and oxygen atoms in total. The van der Waals surface area contributed by atoms with Gasteiger partial charge >= 0.3 is 17.9 Å². The van der Waals surface area contributed by atoms with Crippen LogP contribution in [0.2, 0.25) is 0 Å². The SMILES string of the molecule is CC\C=C/C=C\C=C/C=C\C=C/CCCCCC(=O)OC(COC(=O)CCC/C=C\C/C=C\C/C=C\C/C=C\C/C=C\CC)COC(=O)CCC/C=C\CCCCCC. The molecule has 1 unspecified atom stereocenters. The van der Waals surface area contributed by atoms with Crippen molar-refractivity contribution in [3.05, 3.63) is 134 Å². The van der Waals surface area contributed by atoms with E-state index in [9.17, 15) is 14.4 Å². The molecule has 0 saturated heterocycles. The number of carbonyl (C=O) groups is 3. The van der Waals surface area contributed by atoms with E-state index in [1.807, 2.05) is 48.6 Å². The average Bonchev–Trinajstić information content (AvgIpc) is 3.23. The highest BCUT2D eigenvalue weighted by molar-refractivity contribution is 5.71. The number of rotatable bonds is 38. The lowest BCUT2D eigenvalue weighted by Gasteiger charge is -2.18. The molecule has 0 aromatic carbocycles. The summed E-state index contributed by atoms with van der Waals surface area (Å²) in [5, 5.41) is 0. The lowest BCUT2D eigenvalue weighted by Crippen LogP contribution is -2.30. The second-order valence-corrected chi connectivity index (χ2v) is 14.3. The van der Waals surface area contributed by atoms with Crippen LogP contribution in [-0.2, 0) is 28.6 Å². The van der Waals surface area contributed by atoms with Crippen molar-refractivity contribution in [3.63, 3.8) is 0 Å². The number of hydrogen-bond donors (Lipinski definition) is 0. The lowest BCUT2D eigenvalue weighted by molar-refractivity contribution is -0.167. The van der Waals surface area contributed by atoms with Gasteiger partial charge in [0.25, 0.3) is 0 Å². The third-order valence-corrected chi connectivity index (χ3v) is 8.75. The van der Waals surface area contributed by atoms with Crippen LogP contribution in [-0.4, -0.2) is 37.2 Å². The molecular formula is C53H80O6. The van der Waals surface area contributed by atoms with E-state index < -0.39 is 6.10 Å². The lowest BCUT2D eigenvalue weighted by atomic mass is 10.1. The molecule has 0 fully saturated rings. The van der Waals surface area contributed by atoms with E-state index in [0.29, 0.717) is 19.3 Å². The van der Waals surface area contributed by atoms with E-state index in [0.717, 1.165) is 77.0 Å². The fourth-order valence-corrected chi connectivity index (χ4v) is 5.38. The quantitative estimate of drug-likeness (QED) is 0.0203. The van der Waals surface area contributed by atoms with Crippen molar-refractivity contribution in [1.82, 2.24) is 0 Å². The minimum absolute atomic E-state index is 0.134. The molecule has 0 aliphatic carbocycles. The van der Waals surface area contributed by atoms with Gasteiger partial charge < -0.3 is 14.2 Å². The second-order valence-electron chi connectivity index (χ2n) is 14.3. The molecule has 0 saturated carbocycles. The predicted molar refractivity (Wildman–Crippen MR) is 251 cm³/mol. The van der Waals surface area contributed by atoms with Crippen molar-refractivity contribution < 1.29 is 28.6 Å². The maximum Gasteiger partial charge on any atom is 0.306 e. The van der Waals surface area contributed by atoms with Crippen molar-refractivity contribution in [2.24, 2.45) is 0 Å². The summed E-state index contributed by atoms with van der Waals surface area (Å²) in [4.78, 5) is 37.7. The Kier molecular flexibility index (Phi) is 42.8. The summed E-state index contributed by atoms with van der Waals surface area (Å²) in [6.07, 6.45) is 64.5. The van der Waals surface area contributed by atoms with E-state index >= 15 is 0 Å². The summed E-state index contributed by atoms with van der Waals surface area (Å²) in [5.74, 6) is -1.09. The average molecular weight is 813 g/mol. The molecule has 328 valence electrons. The maximum absolute atomic E-state index is 12.7. The van der Waals surface area contributed by atoms with Gasteiger partial charge in [-0.05, 0) is 96.3 Å². The van der Waals surface area contributed by atoms with Crippen LogP contribution in [0, 0.1) is 0 Å². The first kappa shape index (κ1) is 54.6. The number of carbonyl (C=O) groups excluding carboxylic acids is 3. The Bertz CT molecular complexity index is 1350. The van der Waals surface area contributed by atoms with Gasteiger partial charge in [0.05, 0.1) is 0 Å². The zero-order valence-electron chi connectivity index (χ0n) is 37.2. The van der Waals surface area contributed by atoms with Gasteiger partial charge in [0.1, 0.15) is 13.2 Å². The topological polar surface area (TPSA) is 78.9 Å². The van der Waals surface area contributed by atoms with Gasteiger partial charge in [-0.1, -0.05) is 180 Å². The fraction of sp³-hybridized carbons (Fsp3) is 0.528. The fourth-order valence-electron chi connectivity index (χ4n) is 5.38. The van der Waals surface area contributed by atoms with Crippen LogP contribution in [0.3, 0.4) is 0 Å². The first-order valence-corrected chi connectivity index (χ1v) is 22.8. The van der Waals surface area contributed by atoms with Gasteiger partial charge in [0.2, 0.25) is 0 Å². The van der Waals surface area contributed by atoms with E-state index in [1.165, 1.54) is 25.7 Å². The highest BCUT2D eigenvalue weighted by Gasteiger charge is 2.19. The maximum atomic E-state index is 12.7. The van der Waals surface area contributed by atoms with Crippen LogP contribution in [0.5, 0.6) is 0 Å². The Hall–Kier alpha value is -4.45. The molecular weight excluding hydrogens is 733 g/mol. The van der Waals surface area contributed by atoms with Gasteiger partial charge in [0, 0.05) is 19.3 Å². The molecule has 0 aliphatic heterocycles. The number of hydrogen-bond acceptors (Lipinski definition) is 6. The van der Waals surface area contributed by atoms with Crippen LogP contribution < -0.4 is 0 Å². The number of esters is 3. The summed E-state index contributed by atoms with van der Waals surface area (Å²) in [6.45, 7) is 6.19. The minimum Gasteiger partial charge on any atom is -0.462 e. The van der Waals surface area contributed by atoms with Gasteiger partial charge in [-0.15, -0.1) is 0 Å². The minimum atomic E-state index is -0.837. The highest BCUT2D eigenvalue weighted by atomic mass is 16.6. The first-order valence-electron chi connectivity index (χ1n) is 22.8. The van der Waals surface area contributed by atoms with Crippen molar-refractivity contribution in [2.75, 3.05) is 13.2 Å². The van der Waals surface area contributed by atoms with Gasteiger partial charge in [0.15, 0.2) is 6.10 Å². The Morgan fingerprint density at radius 2 is 0.763 bits per heavy atom. The molecule has 59 heavy (non-hydrogen) atoms. The van der Waals surface area contributed by atoms with Crippen LogP contribution >= 0.6 is 0 Å². The molecule has 0 aromatic rings. The number of unbranched alkanes of at least 4 members (excludes halogenated alkanes) is 9. The zero-order chi connectivity index (χ0) is 43.0. The number of ether oxygens (including phenoxy) is 3. The first-order chi connectivity index (χ1) is 29.0. The van der Waals surface area contributed by atoms with Gasteiger partial charge in [-0.3, -0.25) is 14.4 Å². The summed E-state index contributed by atoms with van der Waals surface area (Å²) >= 11 is 0. The van der Waals surface area contributed by atoms with Crippen molar-refractivity contribution in [3.8, 4) is 0 Å². The third kappa shape index (κ3) is 44.5. The molecule has 6 heteroatoms. The van der Waals surface area contributed by atoms with Crippen molar-refractivity contribution in [1.29, 1.82) is 0 Å². The smallest absolute Gasteiger partial charge is 0.306 e. The largest absolute Gasteiger partial charge is 0.462 e. The molecule has 0 aliphatic rings. The highest BCUT2D eigenvalue weighted by Crippen LogP contribution is 2.10. The number of allylic oxidation sites excluding steroid dienone is 22. The summed E-state index contributed by atoms with van der Waals surface area (Å²) in [7, 11) is 0. The Labute approximate surface area is 360 Å². The second kappa shape index (κ2) is 46.2. The van der Waals surface area contributed by atoms with Crippen LogP contribution in [0.4, 0.5) is 0 Å². The Morgan fingerprint density at radius 1 is 0.373 bits per heavy atom. The molecule has 0 amide bonds. The molecule has 1 atom stereocenters. The molecule has 0 radical (unpaired) electrons. The van der Waals surface area contributed by atoms with E-state index in [4.69, 9.17) is 14.2 Å². The molecule has 0 bridgehead atoms. The van der Waals surface area contributed by atoms with Crippen LogP contribution in [0.25, 0.3) is 0 Å². The zero-order valence-corrected chi connectivity index (χ0v) is 37.2. The summed E-state index contributed by atoms with van der Waals surface area (Å²) in [5.41, 5.74) is 0. The summed E-state index contributed by atoms with van der Waals surface area (Å²) in [6, 6.07) is 0. The van der Waals surface area contributed by atoms with Crippen molar-refractivity contribution >= 4 is 17.9 Å². The molecule has 0 N–H and O–H groups in total. The predicted octanol–water partition coefficient (Wildman–Crippen LogP) is 14.7. The molecule has 0 heterocycles. The molecule has 0 spiro atoms. The van der Waals surface area contributed by atoms with E-state index in [1.54, 1.807) is 0 Å². The van der Waals surface area contributed by atoms with Crippen molar-refractivity contribution in [2.45, 2.75) is 168 Å². The summed E-state index contributed by atoms with van der Waals surface area (Å²) < 4.78 is 16.6. The molecule has 0 aromatic heterocycles. The van der Waals surface area contributed by atoms with Crippen LogP contribution in [0.15, 0.2) is 134 Å². The normalized spacial score (nSPS) is 13.3. The molecule has 0 rings (SSSR count). The van der Waals surface area contributed by atoms with Crippen LogP contribution in [0.1, 0.15) is 162 Å². The van der Waals surface area contributed by atoms with Gasteiger partial charge in [-0.25, -0.2) is 0 Å². The Balaban J connectivity index is 4.60. The van der Waals surface area contributed by atoms with E-state index in [-0.39, 0.29) is 50.4 Å². The van der Waals surface area contributed by atoms with E-state index in [2.05, 4.69) is 106 Å².